The number of halogens is 4. The second-order valence-electron chi connectivity index (χ2n) is 13.7. The van der Waals surface area contributed by atoms with Gasteiger partial charge in [0.1, 0.15) is 24.0 Å². The van der Waals surface area contributed by atoms with Crippen LogP contribution in [0.5, 0.6) is 17.2 Å². The second-order valence-corrected chi connectivity index (χ2v) is 15.5. The zero-order valence-electron chi connectivity index (χ0n) is 28.8. The molecule has 0 amide bonds. The molecule has 52 heavy (non-hydrogen) atoms. The van der Waals surface area contributed by atoms with Crippen molar-refractivity contribution in [1.82, 2.24) is 9.29 Å². The summed E-state index contributed by atoms with van der Waals surface area (Å²) in [6.45, 7) is 2.02. The second kappa shape index (κ2) is 17.5. The third kappa shape index (κ3) is 12.0. The Morgan fingerprint density at radius 3 is 2.17 bits per heavy atom. The normalized spacial score (nSPS) is 15.7. The Balaban J connectivity index is 1.43. The van der Waals surface area contributed by atoms with E-state index in [0.29, 0.717) is 41.7 Å². The van der Waals surface area contributed by atoms with Crippen molar-refractivity contribution in [3.8, 4) is 17.2 Å². The Morgan fingerprint density at radius 1 is 0.962 bits per heavy atom. The summed E-state index contributed by atoms with van der Waals surface area (Å²) in [5.41, 5.74) is 0.587. The number of aromatic nitrogens is 1. The largest absolute Gasteiger partial charge is 0.493 e. The molecule has 11 nitrogen and oxygen atoms in total. The highest BCUT2D eigenvalue weighted by atomic mass is 35.5. The number of carbonyl (C=O) groups excluding carboxylic acids is 2. The van der Waals surface area contributed by atoms with E-state index >= 15 is 0 Å². The van der Waals surface area contributed by atoms with E-state index in [2.05, 4.69) is 4.98 Å². The number of esters is 2. The van der Waals surface area contributed by atoms with Crippen LogP contribution in [0, 0.1) is 11.8 Å². The van der Waals surface area contributed by atoms with Crippen molar-refractivity contribution in [1.29, 1.82) is 0 Å². The van der Waals surface area contributed by atoms with E-state index in [1.165, 1.54) is 42.7 Å². The van der Waals surface area contributed by atoms with E-state index in [4.69, 9.17) is 46.9 Å². The predicted molar refractivity (Wildman–Crippen MR) is 189 cm³/mol. The van der Waals surface area contributed by atoms with E-state index in [1.54, 1.807) is 26.8 Å². The molecule has 1 heterocycles. The molecule has 5 rings (SSSR count). The maximum Gasteiger partial charge on any atom is 0.387 e. The molecule has 0 saturated heterocycles. The van der Waals surface area contributed by atoms with Crippen LogP contribution in [-0.2, 0) is 38.5 Å². The smallest absolute Gasteiger partial charge is 0.387 e. The Morgan fingerprint density at radius 2 is 1.60 bits per heavy atom. The van der Waals surface area contributed by atoms with Gasteiger partial charge in [-0.1, -0.05) is 35.3 Å². The number of ether oxygens (including phenoxy) is 5. The molecule has 2 aromatic carbocycles. The number of alkyl halides is 2. The van der Waals surface area contributed by atoms with E-state index in [1.807, 2.05) is 0 Å². The predicted octanol–water partition coefficient (Wildman–Crippen LogP) is 7.99. The van der Waals surface area contributed by atoms with E-state index in [0.717, 1.165) is 30.0 Å². The van der Waals surface area contributed by atoms with Gasteiger partial charge in [-0.15, -0.1) is 0 Å². The third-order valence-electron chi connectivity index (χ3n) is 8.09. The topological polar surface area (TPSA) is 134 Å². The quantitative estimate of drug-likeness (QED) is 0.1000. The highest BCUT2D eigenvalue weighted by Crippen LogP contribution is 2.38. The molecule has 1 unspecified atom stereocenters. The van der Waals surface area contributed by atoms with Gasteiger partial charge in [0.05, 0.1) is 28.8 Å². The van der Waals surface area contributed by atoms with E-state index < -0.39 is 48.1 Å². The molecule has 1 aromatic heterocycles. The maximum absolute atomic E-state index is 13.9. The molecule has 0 spiro atoms. The van der Waals surface area contributed by atoms with E-state index in [-0.39, 0.29) is 45.8 Å². The van der Waals surface area contributed by atoms with Crippen molar-refractivity contribution in [2.24, 2.45) is 11.8 Å². The fourth-order valence-electron chi connectivity index (χ4n) is 5.08. The van der Waals surface area contributed by atoms with Crippen LogP contribution in [0.25, 0.3) is 0 Å². The maximum atomic E-state index is 13.9. The van der Waals surface area contributed by atoms with Gasteiger partial charge >= 0.3 is 18.6 Å². The fourth-order valence-corrected chi connectivity index (χ4v) is 6.06. The molecular formula is C36H40Cl2F2N2O9S. The fraction of sp³-hybridized carbons (Fsp3) is 0.472. The summed E-state index contributed by atoms with van der Waals surface area (Å²) in [5, 5.41) is 0.461. The van der Waals surface area contributed by atoms with Gasteiger partial charge in [-0.05, 0) is 93.7 Å². The Kier molecular flexibility index (Phi) is 13.3. The number of hydrogen-bond acceptors (Lipinski definition) is 9. The molecule has 16 heteroatoms. The number of pyridine rings is 1. The van der Waals surface area contributed by atoms with Crippen molar-refractivity contribution in [3.05, 3.63) is 81.1 Å². The summed E-state index contributed by atoms with van der Waals surface area (Å²) in [5.74, 6) is -0.642. The molecule has 2 aliphatic carbocycles. The minimum Gasteiger partial charge on any atom is -0.493 e. The molecule has 2 saturated carbocycles. The van der Waals surface area contributed by atoms with Gasteiger partial charge < -0.3 is 23.7 Å². The third-order valence-corrected chi connectivity index (χ3v) is 9.44. The first-order valence-electron chi connectivity index (χ1n) is 16.7. The number of hydrogen-bond donors (Lipinski definition) is 1. The lowest BCUT2D eigenvalue weighted by Crippen LogP contribution is -2.35. The van der Waals surface area contributed by atoms with Crippen molar-refractivity contribution >= 4 is 46.4 Å². The lowest BCUT2D eigenvalue weighted by molar-refractivity contribution is -0.155. The van der Waals surface area contributed by atoms with Crippen molar-refractivity contribution in [3.63, 3.8) is 0 Å². The van der Waals surface area contributed by atoms with Crippen LogP contribution in [0.15, 0.2) is 48.8 Å². The van der Waals surface area contributed by atoms with Gasteiger partial charge in [-0.25, -0.2) is 9.00 Å². The summed E-state index contributed by atoms with van der Waals surface area (Å²) in [6.07, 6.45) is 5.66. The average molecular weight is 786 g/mol. The van der Waals surface area contributed by atoms with Gasteiger partial charge in [-0.2, -0.15) is 13.1 Å². The van der Waals surface area contributed by atoms with Crippen LogP contribution in [0.4, 0.5) is 8.78 Å². The molecule has 3 aromatic rings. The standard InChI is InChI=1S/C36H40Cl2F2N2O9S/c1-36(2,3)51-33(43)18-42(52(45)46)17-25-9-8-24(13-30(25)47-19-21-4-5-21)34(44)49-31(14-26-27(37)15-41-16-28(26)38)23-10-11-29(50-35(39)40)32(12-23)48-20-22-6-7-22/h8-13,15-16,21-22,31,35H,4-7,14,17-20H2,1-3H3,(H,45,46)/t31-/m0/s1. The minimum atomic E-state index is -3.08. The molecule has 0 bridgehead atoms. The van der Waals surface area contributed by atoms with Gasteiger partial charge in [-0.3, -0.25) is 14.3 Å². The number of benzene rings is 2. The summed E-state index contributed by atoms with van der Waals surface area (Å²) < 4.78 is 77.8. The first-order chi connectivity index (χ1) is 24.6. The first-order valence-corrected chi connectivity index (χ1v) is 18.5. The van der Waals surface area contributed by atoms with Crippen LogP contribution >= 0.6 is 23.2 Å². The van der Waals surface area contributed by atoms with Crippen molar-refractivity contribution < 1.29 is 50.8 Å². The first kappa shape index (κ1) is 39.6. The Hall–Kier alpha value is -3.56. The average Bonchev–Trinajstić information content (AvgIpc) is 3.99. The van der Waals surface area contributed by atoms with Gasteiger partial charge in [0, 0.05) is 30.9 Å². The molecule has 2 fully saturated rings. The van der Waals surface area contributed by atoms with Crippen molar-refractivity contribution in [2.75, 3.05) is 19.8 Å². The SMILES string of the molecule is CC(C)(C)OC(=O)CN(Cc1ccc(C(=O)O[C@@H](Cc2c(Cl)cncc2Cl)c2ccc(OC(F)F)c(OCC3CC3)c2)cc1OCC1CC1)S(=O)O. The number of carbonyl (C=O) groups is 2. The monoisotopic (exact) mass is 784 g/mol. The van der Waals surface area contributed by atoms with Crippen molar-refractivity contribution in [2.45, 2.75) is 77.7 Å². The van der Waals surface area contributed by atoms with Crippen LogP contribution in [0.3, 0.4) is 0 Å². The molecule has 2 atom stereocenters. The number of nitrogens with zero attached hydrogens (tertiary/aromatic N) is 2. The highest BCUT2D eigenvalue weighted by molar-refractivity contribution is 7.76. The highest BCUT2D eigenvalue weighted by Gasteiger charge is 2.29. The van der Waals surface area contributed by atoms with Crippen LogP contribution in [-0.4, -0.2) is 62.0 Å². The summed E-state index contributed by atoms with van der Waals surface area (Å²) >= 11 is 10.4. The lowest BCUT2D eigenvalue weighted by Gasteiger charge is -2.24. The lowest BCUT2D eigenvalue weighted by atomic mass is 10.0. The zero-order valence-corrected chi connectivity index (χ0v) is 31.1. The van der Waals surface area contributed by atoms with Gasteiger partial charge in [0.2, 0.25) is 11.3 Å². The van der Waals surface area contributed by atoms with Crippen LogP contribution in [0.1, 0.15) is 79.6 Å². The number of rotatable bonds is 18. The van der Waals surface area contributed by atoms with Gasteiger partial charge in [0.25, 0.3) is 0 Å². The Bertz CT molecular complexity index is 1750. The minimum absolute atomic E-state index is 0.00585. The molecule has 0 aliphatic heterocycles. The molecule has 0 radical (unpaired) electrons. The molecule has 282 valence electrons. The van der Waals surface area contributed by atoms with E-state index in [9.17, 15) is 27.1 Å². The molecule has 2 aliphatic rings. The van der Waals surface area contributed by atoms with Crippen LogP contribution in [0.2, 0.25) is 10.0 Å². The Labute approximate surface area is 313 Å². The summed E-state index contributed by atoms with van der Waals surface area (Å²) in [7, 11) is 0. The summed E-state index contributed by atoms with van der Waals surface area (Å²) in [4.78, 5) is 30.3. The van der Waals surface area contributed by atoms with Gasteiger partial charge in [0.15, 0.2) is 11.5 Å². The zero-order chi connectivity index (χ0) is 37.6. The van der Waals surface area contributed by atoms with Crippen LogP contribution < -0.4 is 14.2 Å². The molecular weight excluding hydrogens is 745 g/mol. The molecule has 1 N–H and O–H groups in total. The summed E-state index contributed by atoms with van der Waals surface area (Å²) in [6, 6.07) is 8.81.